The summed E-state index contributed by atoms with van der Waals surface area (Å²) in [5.41, 5.74) is 7.16. The maximum absolute atomic E-state index is 14.0. The molecule has 20 heavy (non-hydrogen) atoms. The number of alkyl halides is 2. The van der Waals surface area contributed by atoms with Gasteiger partial charge in [0.1, 0.15) is 5.75 Å². The number of rotatable bonds is 5. The number of nitrogens with two attached hydrogens (primary N) is 1. The molecule has 0 atom stereocenters. The Balaban J connectivity index is 2.08. The van der Waals surface area contributed by atoms with Gasteiger partial charge in [0, 0.05) is 5.56 Å². The Hall–Kier alpha value is -2.10. The largest absolute Gasteiger partial charge is 0.485 e. The highest BCUT2D eigenvalue weighted by Crippen LogP contribution is 2.30. The van der Waals surface area contributed by atoms with Gasteiger partial charge in [0.15, 0.2) is 6.61 Å². The average Bonchev–Trinajstić information content (AvgIpc) is 2.47. The molecule has 2 N–H and O–H groups in total. The first-order chi connectivity index (χ1) is 9.53. The Morgan fingerprint density at radius 3 is 2.40 bits per heavy atom. The summed E-state index contributed by atoms with van der Waals surface area (Å²) in [5, 5.41) is 0. The van der Waals surface area contributed by atoms with E-state index in [1.54, 1.807) is 30.3 Å². The lowest BCUT2D eigenvalue weighted by atomic mass is 10.1. The van der Waals surface area contributed by atoms with Gasteiger partial charge in [-0.15, -0.1) is 0 Å². The van der Waals surface area contributed by atoms with E-state index in [2.05, 4.69) is 0 Å². The Morgan fingerprint density at radius 2 is 1.80 bits per heavy atom. The van der Waals surface area contributed by atoms with Crippen molar-refractivity contribution < 1.29 is 13.5 Å². The molecule has 0 amide bonds. The summed E-state index contributed by atoms with van der Waals surface area (Å²) in [6.07, 6.45) is 0.838. The monoisotopic (exact) mass is 277 g/mol. The van der Waals surface area contributed by atoms with Crippen LogP contribution in [0.2, 0.25) is 0 Å². The molecule has 4 heteroatoms. The van der Waals surface area contributed by atoms with E-state index in [0.717, 1.165) is 12.0 Å². The highest BCUT2D eigenvalue weighted by molar-refractivity contribution is 5.54. The Labute approximate surface area is 117 Å². The van der Waals surface area contributed by atoms with Crippen molar-refractivity contribution >= 4 is 5.69 Å². The normalized spacial score (nSPS) is 11.3. The van der Waals surface area contributed by atoms with E-state index in [0.29, 0.717) is 5.69 Å². The summed E-state index contributed by atoms with van der Waals surface area (Å²) in [6, 6.07) is 12.8. The summed E-state index contributed by atoms with van der Waals surface area (Å²) in [4.78, 5) is 0. The Bertz CT molecular complexity index is 570. The van der Waals surface area contributed by atoms with Crippen molar-refractivity contribution in [3.63, 3.8) is 0 Å². The number of benzene rings is 2. The molecular formula is C16H17F2NO. The van der Waals surface area contributed by atoms with Crippen molar-refractivity contribution in [2.45, 2.75) is 19.3 Å². The van der Waals surface area contributed by atoms with E-state index >= 15 is 0 Å². The SMILES string of the molecule is CCc1ccc(OCC(F)(F)c2ccccc2)c(N)c1. The molecule has 2 aromatic rings. The van der Waals surface area contributed by atoms with E-state index in [9.17, 15) is 8.78 Å². The van der Waals surface area contributed by atoms with E-state index in [-0.39, 0.29) is 11.3 Å². The lowest BCUT2D eigenvalue weighted by molar-refractivity contribution is -0.0465. The minimum absolute atomic E-state index is 0.0660. The summed E-state index contributed by atoms with van der Waals surface area (Å²) in [7, 11) is 0. The van der Waals surface area contributed by atoms with Crippen LogP contribution in [0.3, 0.4) is 0 Å². The maximum atomic E-state index is 14.0. The fourth-order valence-electron chi connectivity index (χ4n) is 1.88. The predicted octanol–water partition coefficient (Wildman–Crippen LogP) is 4.00. The molecule has 0 saturated carbocycles. The number of nitrogen functional groups attached to an aromatic ring is 1. The van der Waals surface area contributed by atoms with E-state index < -0.39 is 12.5 Å². The van der Waals surface area contributed by atoms with Gasteiger partial charge in [-0.1, -0.05) is 43.3 Å². The maximum Gasteiger partial charge on any atom is 0.306 e. The lowest BCUT2D eigenvalue weighted by Crippen LogP contribution is -2.23. The lowest BCUT2D eigenvalue weighted by Gasteiger charge is -2.18. The van der Waals surface area contributed by atoms with E-state index in [1.165, 1.54) is 12.1 Å². The van der Waals surface area contributed by atoms with Crippen LogP contribution in [0, 0.1) is 0 Å². The zero-order valence-electron chi connectivity index (χ0n) is 11.3. The molecule has 0 aromatic heterocycles. The molecule has 2 rings (SSSR count). The summed E-state index contributed by atoms with van der Waals surface area (Å²) in [6.45, 7) is 1.27. The smallest absolute Gasteiger partial charge is 0.306 e. The third kappa shape index (κ3) is 3.26. The van der Waals surface area contributed by atoms with Gasteiger partial charge in [-0.2, -0.15) is 8.78 Å². The molecule has 0 unspecified atom stereocenters. The van der Waals surface area contributed by atoms with Crippen molar-refractivity contribution in [1.82, 2.24) is 0 Å². The van der Waals surface area contributed by atoms with E-state index in [4.69, 9.17) is 10.5 Å². The summed E-state index contributed by atoms with van der Waals surface area (Å²) >= 11 is 0. The minimum atomic E-state index is -3.04. The topological polar surface area (TPSA) is 35.2 Å². The molecule has 0 fully saturated rings. The van der Waals surface area contributed by atoms with Gasteiger partial charge in [0.05, 0.1) is 5.69 Å². The molecule has 0 aliphatic rings. The quantitative estimate of drug-likeness (QED) is 0.838. The standard InChI is InChI=1S/C16H17F2NO/c1-2-12-8-9-15(14(19)10-12)20-11-16(17,18)13-6-4-3-5-7-13/h3-10H,2,11,19H2,1H3. The van der Waals surface area contributed by atoms with Gasteiger partial charge in [-0.05, 0) is 24.1 Å². The molecule has 106 valence electrons. The molecule has 0 bridgehead atoms. The van der Waals surface area contributed by atoms with Gasteiger partial charge < -0.3 is 10.5 Å². The van der Waals surface area contributed by atoms with Crippen molar-refractivity contribution in [2.24, 2.45) is 0 Å². The van der Waals surface area contributed by atoms with Crippen molar-refractivity contribution in [2.75, 3.05) is 12.3 Å². The van der Waals surface area contributed by atoms with Crippen LogP contribution in [0.4, 0.5) is 14.5 Å². The van der Waals surface area contributed by atoms with Crippen LogP contribution in [0.25, 0.3) is 0 Å². The molecule has 0 aliphatic heterocycles. The third-order valence-electron chi connectivity index (χ3n) is 3.09. The van der Waals surface area contributed by atoms with Crippen LogP contribution < -0.4 is 10.5 Å². The van der Waals surface area contributed by atoms with Crippen LogP contribution in [-0.4, -0.2) is 6.61 Å². The van der Waals surface area contributed by atoms with Gasteiger partial charge >= 0.3 is 5.92 Å². The number of ether oxygens (including phenoxy) is 1. The van der Waals surface area contributed by atoms with Crippen LogP contribution in [0.15, 0.2) is 48.5 Å². The van der Waals surface area contributed by atoms with Crippen LogP contribution in [0.5, 0.6) is 5.75 Å². The van der Waals surface area contributed by atoms with E-state index in [1.807, 2.05) is 13.0 Å². The van der Waals surface area contributed by atoms with Crippen LogP contribution >= 0.6 is 0 Å². The molecule has 2 aromatic carbocycles. The zero-order valence-corrected chi connectivity index (χ0v) is 11.3. The fourth-order valence-corrected chi connectivity index (χ4v) is 1.88. The molecule has 0 saturated heterocycles. The van der Waals surface area contributed by atoms with Crippen LogP contribution in [0.1, 0.15) is 18.1 Å². The molecule has 2 nitrogen and oxygen atoms in total. The summed E-state index contributed by atoms with van der Waals surface area (Å²) < 4.78 is 33.1. The van der Waals surface area contributed by atoms with Gasteiger partial charge in [0.25, 0.3) is 0 Å². The predicted molar refractivity (Wildman–Crippen MR) is 76.1 cm³/mol. The van der Waals surface area contributed by atoms with Gasteiger partial charge in [-0.25, -0.2) is 0 Å². The van der Waals surface area contributed by atoms with Crippen molar-refractivity contribution in [3.05, 3.63) is 59.7 Å². The second-order valence-corrected chi connectivity index (χ2v) is 4.58. The second-order valence-electron chi connectivity index (χ2n) is 4.58. The molecule has 0 heterocycles. The fraction of sp³-hybridized carbons (Fsp3) is 0.250. The first-order valence-electron chi connectivity index (χ1n) is 6.47. The highest BCUT2D eigenvalue weighted by atomic mass is 19.3. The zero-order chi connectivity index (χ0) is 14.6. The van der Waals surface area contributed by atoms with Crippen molar-refractivity contribution in [3.8, 4) is 5.75 Å². The van der Waals surface area contributed by atoms with Crippen LogP contribution in [-0.2, 0) is 12.3 Å². The average molecular weight is 277 g/mol. The number of halogens is 2. The number of anilines is 1. The Kier molecular flexibility index (Phi) is 4.23. The summed E-state index contributed by atoms with van der Waals surface area (Å²) in [5.74, 6) is -2.75. The number of hydrogen-bond donors (Lipinski definition) is 1. The second kappa shape index (κ2) is 5.90. The molecular weight excluding hydrogens is 260 g/mol. The molecule has 0 aliphatic carbocycles. The number of hydrogen-bond acceptors (Lipinski definition) is 2. The minimum Gasteiger partial charge on any atom is -0.485 e. The molecule has 0 spiro atoms. The van der Waals surface area contributed by atoms with Crippen molar-refractivity contribution in [1.29, 1.82) is 0 Å². The number of aryl methyl sites for hydroxylation is 1. The first kappa shape index (κ1) is 14.3. The first-order valence-corrected chi connectivity index (χ1v) is 6.47. The van der Waals surface area contributed by atoms with Gasteiger partial charge in [-0.3, -0.25) is 0 Å². The third-order valence-corrected chi connectivity index (χ3v) is 3.09. The highest BCUT2D eigenvalue weighted by Gasteiger charge is 2.32. The van der Waals surface area contributed by atoms with Gasteiger partial charge in [0.2, 0.25) is 0 Å². The Morgan fingerprint density at radius 1 is 1.10 bits per heavy atom. The molecule has 0 radical (unpaired) electrons.